The Bertz CT molecular complexity index is 562. The van der Waals surface area contributed by atoms with Gasteiger partial charge in [0, 0.05) is 0 Å². The Morgan fingerprint density at radius 2 is 2.05 bits per heavy atom. The minimum atomic E-state index is -0.258. The Morgan fingerprint density at radius 3 is 2.67 bits per heavy atom. The minimum absolute atomic E-state index is 0.116. The Kier molecular flexibility index (Phi) is 3.01. The van der Waals surface area contributed by atoms with Gasteiger partial charge in [-0.15, -0.1) is 0 Å². The van der Waals surface area contributed by atoms with E-state index in [9.17, 15) is 9.18 Å². The fraction of sp³-hybridized carbons (Fsp3) is 0.562. The molecule has 0 spiro atoms. The van der Waals surface area contributed by atoms with Crippen LogP contribution in [0.3, 0.4) is 0 Å². The Balaban J connectivity index is 1.65. The van der Waals surface area contributed by atoms with Crippen molar-refractivity contribution in [1.29, 1.82) is 0 Å². The van der Waals surface area contributed by atoms with Crippen molar-refractivity contribution in [1.82, 2.24) is 10.2 Å². The van der Waals surface area contributed by atoms with E-state index in [1.54, 1.807) is 12.1 Å². The summed E-state index contributed by atoms with van der Waals surface area (Å²) in [5, 5.41) is 3.32. The zero-order valence-corrected chi connectivity index (χ0v) is 12.0. The fourth-order valence-corrected chi connectivity index (χ4v) is 3.90. The maximum absolute atomic E-state index is 13.1. The predicted octanol–water partition coefficient (Wildman–Crippen LogP) is 1.96. The van der Waals surface area contributed by atoms with E-state index in [0.717, 1.165) is 24.8 Å². The van der Waals surface area contributed by atoms with Gasteiger partial charge in [0.25, 0.3) is 0 Å². The third-order valence-corrected chi connectivity index (χ3v) is 4.93. The summed E-state index contributed by atoms with van der Waals surface area (Å²) in [5.41, 5.74) is 0.928. The molecule has 4 rings (SSSR count). The summed E-state index contributed by atoms with van der Waals surface area (Å²) in [5.74, 6) is -0.142. The van der Waals surface area contributed by atoms with Crippen molar-refractivity contribution in [2.24, 2.45) is 0 Å². The van der Waals surface area contributed by atoms with Gasteiger partial charge < -0.3 is 9.64 Å². The molecule has 5 unspecified atom stereocenters. The number of nitrogens with zero attached hydrogens (tertiary/aromatic N) is 1. The first kappa shape index (κ1) is 13.2. The smallest absolute Gasteiger partial charge is 0.241 e. The number of carbonyl (C=O) groups is 1. The third kappa shape index (κ3) is 2.07. The first-order valence-corrected chi connectivity index (χ1v) is 7.62. The lowest BCUT2D eigenvalue weighted by molar-refractivity contribution is -0.133. The van der Waals surface area contributed by atoms with Crippen LogP contribution >= 0.6 is 0 Å². The largest absolute Gasteiger partial charge is 0.373 e. The van der Waals surface area contributed by atoms with Crippen molar-refractivity contribution in [3.05, 3.63) is 35.6 Å². The van der Waals surface area contributed by atoms with E-state index in [4.69, 9.17) is 4.74 Å². The molecule has 5 atom stereocenters. The summed E-state index contributed by atoms with van der Waals surface area (Å²) >= 11 is 0. The van der Waals surface area contributed by atoms with E-state index >= 15 is 0 Å². The minimum Gasteiger partial charge on any atom is -0.373 e. The number of ether oxygens (including phenoxy) is 1. The third-order valence-electron chi connectivity index (χ3n) is 4.93. The molecule has 1 N–H and O–H groups in total. The molecular weight excluding hydrogens is 271 g/mol. The lowest BCUT2D eigenvalue weighted by Crippen LogP contribution is -2.45. The second-order valence-electron chi connectivity index (χ2n) is 6.26. The molecule has 2 bridgehead atoms. The van der Waals surface area contributed by atoms with Gasteiger partial charge in [-0.1, -0.05) is 12.1 Å². The van der Waals surface area contributed by atoms with Gasteiger partial charge in [-0.05, 0) is 43.9 Å². The Morgan fingerprint density at radius 1 is 1.29 bits per heavy atom. The molecule has 5 heteroatoms. The number of carbonyl (C=O) groups excluding carboxylic acids is 1. The zero-order valence-electron chi connectivity index (χ0n) is 12.0. The average Bonchev–Trinajstić information content (AvgIpc) is 3.16. The molecule has 3 aliphatic rings. The van der Waals surface area contributed by atoms with Crippen molar-refractivity contribution in [2.45, 2.75) is 56.6 Å². The van der Waals surface area contributed by atoms with Crippen LogP contribution in [0.5, 0.6) is 0 Å². The number of hydrogen-bond donors (Lipinski definition) is 1. The second kappa shape index (κ2) is 4.78. The number of rotatable bonds is 2. The van der Waals surface area contributed by atoms with E-state index in [0.29, 0.717) is 6.10 Å². The lowest BCUT2D eigenvalue weighted by atomic mass is 9.93. The van der Waals surface area contributed by atoms with E-state index < -0.39 is 0 Å². The van der Waals surface area contributed by atoms with Crippen LogP contribution in [-0.4, -0.2) is 35.1 Å². The molecule has 112 valence electrons. The fourth-order valence-electron chi connectivity index (χ4n) is 3.90. The molecule has 1 aromatic rings. The molecule has 1 aromatic carbocycles. The monoisotopic (exact) mass is 290 g/mol. The topological polar surface area (TPSA) is 41.6 Å². The van der Waals surface area contributed by atoms with Gasteiger partial charge in [0.05, 0.1) is 24.3 Å². The molecule has 0 radical (unpaired) electrons. The number of benzene rings is 1. The number of fused-ring (bicyclic) bond motifs is 2. The molecule has 3 saturated heterocycles. The van der Waals surface area contributed by atoms with Crippen molar-refractivity contribution in [3.8, 4) is 0 Å². The van der Waals surface area contributed by atoms with Crippen LogP contribution in [0.4, 0.5) is 4.39 Å². The van der Waals surface area contributed by atoms with Crippen molar-refractivity contribution in [3.63, 3.8) is 0 Å². The standard InChI is InChI=1S/C16H19FN2O2/c1-9-16(20)19(13-8-12-6-7-14(13)21-12)15(18-9)10-2-4-11(17)5-3-10/h2-5,9,12-15,18H,6-8H2,1H3. The van der Waals surface area contributed by atoms with E-state index in [1.807, 2.05) is 11.8 Å². The van der Waals surface area contributed by atoms with Gasteiger partial charge in [-0.25, -0.2) is 4.39 Å². The first-order valence-electron chi connectivity index (χ1n) is 7.62. The highest BCUT2D eigenvalue weighted by Crippen LogP contribution is 2.41. The highest BCUT2D eigenvalue weighted by Gasteiger charge is 2.50. The summed E-state index contributed by atoms with van der Waals surface area (Å²) in [6.45, 7) is 1.88. The summed E-state index contributed by atoms with van der Waals surface area (Å²) < 4.78 is 19.0. The maximum Gasteiger partial charge on any atom is 0.241 e. The number of halogens is 1. The molecule has 21 heavy (non-hydrogen) atoms. The Hall–Kier alpha value is -1.46. The number of nitrogens with one attached hydrogen (secondary N) is 1. The van der Waals surface area contributed by atoms with Crippen molar-refractivity contribution >= 4 is 5.91 Å². The van der Waals surface area contributed by atoms with Crippen LogP contribution in [0.2, 0.25) is 0 Å². The van der Waals surface area contributed by atoms with Crippen LogP contribution in [0.25, 0.3) is 0 Å². The first-order chi connectivity index (χ1) is 10.1. The quantitative estimate of drug-likeness (QED) is 0.905. The van der Waals surface area contributed by atoms with E-state index in [2.05, 4.69) is 5.32 Å². The number of amides is 1. The van der Waals surface area contributed by atoms with Gasteiger partial charge in [0.15, 0.2) is 0 Å². The number of hydrogen-bond acceptors (Lipinski definition) is 3. The summed E-state index contributed by atoms with van der Waals surface area (Å²) in [6, 6.07) is 6.32. The van der Waals surface area contributed by atoms with Crippen LogP contribution < -0.4 is 5.32 Å². The van der Waals surface area contributed by atoms with Gasteiger partial charge in [-0.2, -0.15) is 0 Å². The predicted molar refractivity (Wildman–Crippen MR) is 74.9 cm³/mol. The molecule has 0 aromatic heterocycles. The zero-order chi connectivity index (χ0) is 14.6. The SMILES string of the molecule is CC1NC(c2ccc(F)cc2)N(C2CC3CCC2O3)C1=O. The van der Waals surface area contributed by atoms with Gasteiger partial charge in [0.2, 0.25) is 5.91 Å². The maximum atomic E-state index is 13.1. The molecule has 4 nitrogen and oxygen atoms in total. The highest BCUT2D eigenvalue weighted by molar-refractivity contribution is 5.84. The molecular formula is C16H19FN2O2. The normalized spacial score (nSPS) is 38.5. The van der Waals surface area contributed by atoms with Crippen LogP contribution in [0.1, 0.15) is 37.9 Å². The molecule has 0 aliphatic carbocycles. The Labute approximate surface area is 123 Å². The van der Waals surface area contributed by atoms with Crippen molar-refractivity contribution in [2.75, 3.05) is 0 Å². The van der Waals surface area contributed by atoms with Crippen LogP contribution in [0.15, 0.2) is 24.3 Å². The average molecular weight is 290 g/mol. The molecule has 0 saturated carbocycles. The van der Waals surface area contributed by atoms with E-state index in [-0.39, 0.29) is 36.1 Å². The summed E-state index contributed by atoms with van der Waals surface area (Å²) in [6.07, 6.45) is 3.34. The lowest BCUT2D eigenvalue weighted by Gasteiger charge is -2.34. The van der Waals surface area contributed by atoms with Gasteiger partial charge >= 0.3 is 0 Å². The van der Waals surface area contributed by atoms with Crippen molar-refractivity contribution < 1.29 is 13.9 Å². The van der Waals surface area contributed by atoms with Crippen LogP contribution in [-0.2, 0) is 9.53 Å². The van der Waals surface area contributed by atoms with Gasteiger partial charge in [-0.3, -0.25) is 10.1 Å². The molecule has 3 aliphatic heterocycles. The van der Waals surface area contributed by atoms with Crippen LogP contribution in [0, 0.1) is 5.82 Å². The van der Waals surface area contributed by atoms with E-state index in [1.165, 1.54) is 12.1 Å². The second-order valence-corrected chi connectivity index (χ2v) is 6.26. The highest BCUT2D eigenvalue weighted by atomic mass is 19.1. The summed E-state index contributed by atoms with van der Waals surface area (Å²) in [4.78, 5) is 14.5. The molecule has 1 amide bonds. The van der Waals surface area contributed by atoms with Gasteiger partial charge in [0.1, 0.15) is 12.0 Å². The molecule has 3 fully saturated rings. The molecule has 3 heterocycles. The summed E-state index contributed by atoms with van der Waals surface area (Å²) in [7, 11) is 0.